The van der Waals surface area contributed by atoms with Gasteiger partial charge in [0.05, 0.1) is 17.7 Å². The van der Waals surface area contributed by atoms with Crippen LogP contribution in [0.5, 0.6) is 5.88 Å². The average Bonchev–Trinajstić information content (AvgIpc) is 3.27. The molecule has 12 heteroatoms. The van der Waals surface area contributed by atoms with Crippen LogP contribution in [-0.2, 0) is 4.79 Å². The second-order valence-electron chi connectivity index (χ2n) is 7.15. The minimum absolute atomic E-state index is 0.188. The van der Waals surface area contributed by atoms with E-state index >= 15 is 0 Å². The number of ether oxygens (including phenoxy) is 1. The lowest BCUT2D eigenvalue weighted by Crippen LogP contribution is -2.28. The molecule has 0 fully saturated rings. The van der Waals surface area contributed by atoms with E-state index in [4.69, 9.17) is 16.3 Å². The summed E-state index contributed by atoms with van der Waals surface area (Å²) < 4.78 is 6.01. The van der Waals surface area contributed by atoms with Gasteiger partial charge in [-0.3, -0.25) is 19.7 Å². The molecular formula is C22H21ClN6O5. The Labute approximate surface area is 199 Å². The van der Waals surface area contributed by atoms with Crippen molar-refractivity contribution in [2.75, 3.05) is 12.4 Å². The third-order valence-corrected chi connectivity index (χ3v) is 5.06. The van der Waals surface area contributed by atoms with Crippen LogP contribution in [0.3, 0.4) is 0 Å². The smallest absolute Gasteiger partial charge is 0.350 e. The number of amides is 2. The van der Waals surface area contributed by atoms with Crippen molar-refractivity contribution >= 4 is 40.5 Å². The number of nitrogens with zero attached hydrogens (tertiary/aromatic N) is 4. The fourth-order valence-electron chi connectivity index (χ4n) is 2.88. The van der Waals surface area contributed by atoms with Crippen molar-refractivity contribution in [2.45, 2.75) is 19.9 Å². The van der Waals surface area contributed by atoms with E-state index in [-0.39, 0.29) is 17.5 Å². The fraction of sp³-hybridized carbons (Fsp3) is 0.182. The van der Waals surface area contributed by atoms with Gasteiger partial charge in [0, 0.05) is 16.3 Å². The molecule has 0 bridgehead atoms. The maximum absolute atomic E-state index is 12.4. The van der Waals surface area contributed by atoms with Gasteiger partial charge in [-0.1, -0.05) is 29.8 Å². The van der Waals surface area contributed by atoms with Gasteiger partial charge in [0.25, 0.3) is 11.8 Å². The van der Waals surface area contributed by atoms with E-state index < -0.39 is 16.9 Å². The molecule has 1 unspecified atom stereocenters. The molecule has 3 aromatic rings. The van der Waals surface area contributed by atoms with Crippen molar-refractivity contribution in [3.63, 3.8) is 0 Å². The number of halogens is 1. The van der Waals surface area contributed by atoms with Crippen LogP contribution in [0.2, 0.25) is 5.02 Å². The van der Waals surface area contributed by atoms with E-state index in [2.05, 4.69) is 20.9 Å². The first-order valence-electron chi connectivity index (χ1n) is 9.98. The van der Waals surface area contributed by atoms with Gasteiger partial charge in [0.15, 0.2) is 0 Å². The van der Waals surface area contributed by atoms with Gasteiger partial charge in [-0.05, 0) is 49.7 Å². The van der Waals surface area contributed by atoms with Crippen molar-refractivity contribution in [3.8, 4) is 5.88 Å². The highest BCUT2D eigenvalue weighted by atomic mass is 35.5. The van der Waals surface area contributed by atoms with Crippen molar-refractivity contribution in [2.24, 2.45) is 5.10 Å². The Hall–Kier alpha value is -4.25. The number of aromatic nitrogens is 2. The van der Waals surface area contributed by atoms with E-state index in [1.165, 1.54) is 14.0 Å². The van der Waals surface area contributed by atoms with Gasteiger partial charge < -0.3 is 10.1 Å². The molecular weight excluding hydrogens is 464 g/mol. The van der Waals surface area contributed by atoms with E-state index in [1.807, 2.05) is 0 Å². The summed E-state index contributed by atoms with van der Waals surface area (Å²) in [4.78, 5) is 35.2. The zero-order chi connectivity index (χ0) is 24.8. The van der Waals surface area contributed by atoms with Crippen LogP contribution in [0.25, 0.3) is 0 Å². The minimum atomic E-state index is -0.872. The molecule has 34 heavy (non-hydrogen) atoms. The van der Waals surface area contributed by atoms with Crippen molar-refractivity contribution in [1.29, 1.82) is 0 Å². The Morgan fingerprint density at radius 3 is 2.50 bits per heavy atom. The van der Waals surface area contributed by atoms with Crippen LogP contribution >= 0.6 is 11.6 Å². The standard InChI is InChI=1S/C22H21ClN6O5/c1-13(25-26-20(30)14(2)28-12-19(29(32)33)22(27-28)34-3)15-7-9-18(10-8-15)24-21(31)16-5-4-6-17(23)11-16/h4-12,14H,1-3H3,(H,24,31)(H,26,30). The summed E-state index contributed by atoms with van der Waals surface area (Å²) in [6.07, 6.45) is 1.12. The van der Waals surface area contributed by atoms with Crippen molar-refractivity contribution < 1.29 is 19.2 Å². The molecule has 2 amide bonds. The summed E-state index contributed by atoms with van der Waals surface area (Å²) in [7, 11) is 1.26. The van der Waals surface area contributed by atoms with Crippen LogP contribution in [0.1, 0.15) is 35.8 Å². The van der Waals surface area contributed by atoms with Crippen molar-refractivity contribution in [1.82, 2.24) is 15.2 Å². The van der Waals surface area contributed by atoms with Crippen LogP contribution in [0.15, 0.2) is 59.8 Å². The molecule has 0 spiro atoms. The highest BCUT2D eigenvalue weighted by molar-refractivity contribution is 6.31. The second-order valence-corrected chi connectivity index (χ2v) is 7.59. The molecule has 0 radical (unpaired) electrons. The SMILES string of the molecule is COc1nn(C(C)C(=O)NN=C(C)c2ccc(NC(=O)c3cccc(Cl)c3)cc2)cc1[N+](=O)[O-]. The van der Waals surface area contributed by atoms with Gasteiger partial charge in [-0.2, -0.15) is 5.10 Å². The zero-order valence-corrected chi connectivity index (χ0v) is 19.2. The number of carbonyl (C=O) groups excluding carboxylic acids is 2. The lowest BCUT2D eigenvalue weighted by Gasteiger charge is -2.10. The fourth-order valence-corrected chi connectivity index (χ4v) is 3.07. The quantitative estimate of drug-likeness (QED) is 0.283. The summed E-state index contributed by atoms with van der Waals surface area (Å²) in [5, 5.41) is 22.3. The average molecular weight is 485 g/mol. The number of benzene rings is 2. The first-order chi connectivity index (χ1) is 16.2. The number of carbonyl (C=O) groups is 2. The molecule has 2 aromatic carbocycles. The lowest BCUT2D eigenvalue weighted by atomic mass is 10.1. The zero-order valence-electron chi connectivity index (χ0n) is 18.5. The topological polar surface area (TPSA) is 141 Å². The molecule has 0 saturated carbocycles. The number of nitro groups is 1. The Balaban J connectivity index is 1.63. The number of rotatable bonds is 8. The van der Waals surface area contributed by atoms with E-state index in [1.54, 1.807) is 55.5 Å². The van der Waals surface area contributed by atoms with Crippen LogP contribution in [-0.4, -0.2) is 39.3 Å². The van der Waals surface area contributed by atoms with Gasteiger partial charge in [0.1, 0.15) is 12.2 Å². The molecule has 0 aliphatic heterocycles. The normalized spacial score (nSPS) is 12.1. The molecule has 1 aromatic heterocycles. The summed E-state index contributed by atoms with van der Waals surface area (Å²) in [6.45, 7) is 3.22. The maximum Gasteiger partial charge on any atom is 0.350 e. The number of hydrazone groups is 1. The number of hydrogen-bond acceptors (Lipinski definition) is 7. The highest BCUT2D eigenvalue weighted by Crippen LogP contribution is 2.26. The first kappa shape index (κ1) is 24.4. The van der Waals surface area contributed by atoms with Crippen LogP contribution in [0, 0.1) is 10.1 Å². The molecule has 1 heterocycles. The monoisotopic (exact) mass is 484 g/mol. The van der Waals surface area contributed by atoms with Gasteiger partial charge in [-0.25, -0.2) is 10.1 Å². The summed E-state index contributed by atoms with van der Waals surface area (Å²) >= 11 is 5.92. The minimum Gasteiger partial charge on any atom is -0.475 e. The Kier molecular flexibility index (Phi) is 7.59. The third kappa shape index (κ3) is 5.75. The van der Waals surface area contributed by atoms with E-state index in [0.717, 1.165) is 10.9 Å². The van der Waals surface area contributed by atoms with Crippen LogP contribution < -0.4 is 15.5 Å². The predicted molar refractivity (Wildman–Crippen MR) is 126 cm³/mol. The van der Waals surface area contributed by atoms with Crippen LogP contribution in [0.4, 0.5) is 11.4 Å². The Bertz CT molecular complexity index is 1250. The number of anilines is 1. The molecule has 0 aliphatic rings. The second kappa shape index (κ2) is 10.6. The summed E-state index contributed by atoms with van der Waals surface area (Å²) in [5.41, 5.74) is 4.32. The largest absolute Gasteiger partial charge is 0.475 e. The van der Waals surface area contributed by atoms with E-state index in [9.17, 15) is 19.7 Å². The Morgan fingerprint density at radius 1 is 1.21 bits per heavy atom. The molecule has 0 aliphatic carbocycles. The van der Waals surface area contributed by atoms with E-state index in [0.29, 0.717) is 27.5 Å². The first-order valence-corrected chi connectivity index (χ1v) is 10.4. The molecule has 176 valence electrons. The van der Waals surface area contributed by atoms with Crippen molar-refractivity contribution in [3.05, 3.63) is 81.0 Å². The summed E-state index contributed by atoms with van der Waals surface area (Å²) in [5.74, 6) is -1.01. The number of hydrogen-bond donors (Lipinski definition) is 2. The Morgan fingerprint density at radius 2 is 1.91 bits per heavy atom. The molecule has 0 saturated heterocycles. The molecule has 2 N–H and O–H groups in total. The molecule has 3 rings (SSSR count). The maximum atomic E-state index is 12.4. The lowest BCUT2D eigenvalue weighted by molar-refractivity contribution is -0.385. The highest BCUT2D eigenvalue weighted by Gasteiger charge is 2.25. The molecule has 11 nitrogen and oxygen atoms in total. The summed E-state index contributed by atoms with van der Waals surface area (Å²) in [6, 6.07) is 12.6. The third-order valence-electron chi connectivity index (χ3n) is 4.83. The van der Waals surface area contributed by atoms with Gasteiger partial charge in [-0.15, -0.1) is 5.10 Å². The predicted octanol–water partition coefficient (Wildman–Crippen LogP) is 3.81. The number of nitrogens with one attached hydrogen (secondary N) is 2. The van der Waals surface area contributed by atoms with Gasteiger partial charge >= 0.3 is 11.6 Å². The van der Waals surface area contributed by atoms with Gasteiger partial charge in [0.2, 0.25) is 0 Å². The molecule has 1 atom stereocenters. The number of methoxy groups -OCH3 is 1.